The molecule has 0 aromatic heterocycles. The summed E-state index contributed by atoms with van der Waals surface area (Å²) < 4.78 is 0. The molecule has 0 bridgehead atoms. The van der Waals surface area contributed by atoms with Crippen LogP contribution in [-0.4, -0.2) is 43.2 Å². The average molecular weight is 211 g/mol. The van der Waals surface area contributed by atoms with Crippen LogP contribution in [-0.2, 0) is 0 Å². The molecule has 2 aliphatic rings. The van der Waals surface area contributed by atoms with E-state index in [9.17, 15) is 0 Å². The number of hydrogen-bond acceptors (Lipinski definition) is 3. The molecule has 0 amide bonds. The molecule has 2 aliphatic heterocycles. The molecule has 15 heavy (non-hydrogen) atoms. The number of piperidine rings is 1. The fourth-order valence-corrected chi connectivity index (χ4v) is 2.86. The van der Waals surface area contributed by atoms with Gasteiger partial charge in [-0.15, -0.1) is 0 Å². The van der Waals surface area contributed by atoms with Crippen LogP contribution < -0.4 is 11.1 Å². The van der Waals surface area contributed by atoms with Crippen LogP contribution in [0, 0.1) is 5.92 Å². The average Bonchev–Trinajstić information content (AvgIpc) is 2.59. The van der Waals surface area contributed by atoms with E-state index in [0.29, 0.717) is 12.1 Å². The molecule has 0 aromatic rings. The van der Waals surface area contributed by atoms with Crippen molar-refractivity contribution in [3.63, 3.8) is 0 Å². The maximum atomic E-state index is 6.03. The number of nitrogens with one attached hydrogen (secondary N) is 1. The van der Waals surface area contributed by atoms with E-state index in [0.717, 1.165) is 5.92 Å². The number of nitrogens with two attached hydrogens (primary N) is 1. The van der Waals surface area contributed by atoms with E-state index in [2.05, 4.69) is 17.1 Å². The monoisotopic (exact) mass is 211 g/mol. The second-order valence-corrected chi connectivity index (χ2v) is 5.21. The molecule has 2 saturated heterocycles. The van der Waals surface area contributed by atoms with Crippen LogP contribution in [0.3, 0.4) is 0 Å². The van der Waals surface area contributed by atoms with Gasteiger partial charge in [0, 0.05) is 18.6 Å². The second kappa shape index (κ2) is 5.28. The minimum Gasteiger partial charge on any atom is -0.326 e. The predicted octanol–water partition coefficient (Wildman–Crippen LogP) is 0.798. The number of likely N-dealkylation sites (tertiary alicyclic amines) is 1. The van der Waals surface area contributed by atoms with Gasteiger partial charge >= 0.3 is 0 Å². The molecule has 2 rings (SSSR count). The van der Waals surface area contributed by atoms with E-state index in [4.69, 9.17) is 5.73 Å². The topological polar surface area (TPSA) is 41.3 Å². The van der Waals surface area contributed by atoms with Crippen molar-refractivity contribution in [2.45, 2.75) is 44.7 Å². The van der Waals surface area contributed by atoms with Gasteiger partial charge in [-0.1, -0.05) is 0 Å². The van der Waals surface area contributed by atoms with Crippen LogP contribution >= 0.6 is 0 Å². The summed E-state index contributed by atoms with van der Waals surface area (Å²) in [5.74, 6) is 0.954. The lowest BCUT2D eigenvalue weighted by atomic mass is 9.94. The summed E-state index contributed by atoms with van der Waals surface area (Å²) >= 11 is 0. The molecular formula is C12H25N3. The molecule has 0 radical (unpaired) electrons. The van der Waals surface area contributed by atoms with Gasteiger partial charge < -0.3 is 11.1 Å². The largest absolute Gasteiger partial charge is 0.326 e. The standard InChI is InChI=1S/C12H25N3/c1-10-12(13)5-9-15(10)8-4-11-2-6-14-7-3-11/h10-12,14H,2-9,13H2,1H3. The van der Waals surface area contributed by atoms with Crippen LogP contribution in [0.1, 0.15) is 32.6 Å². The fourth-order valence-electron chi connectivity index (χ4n) is 2.86. The summed E-state index contributed by atoms with van der Waals surface area (Å²) in [5.41, 5.74) is 6.03. The first-order chi connectivity index (χ1) is 7.27. The van der Waals surface area contributed by atoms with E-state index in [1.807, 2.05) is 0 Å². The van der Waals surface area contributed by atoms with Crippen molar-refractivity contribution in [1.82, 2.24) is 10.2 Å². The maximum Gasteiger partial charge on any atom is 0.0219 e. The third kappa shape index (κ3) is 2.92. The fraction of sp³-hybridized carbons (Fsp3) is 1.00. The Kier molecular flexibility index (Phi) is 4.00. The van der Waals surface area contributed by atoms with Crippen molar-refractivity contribution < 1.29 is 0 Å². The first kappa shape index (κ1) is 11.4. The van der Waals surface area contributed by atoms with Crippen LogP contribution in [0.5, 0.6) is 0 Å². The predicted molar refractivity (Wildman–Crippen MR) is 63.8 cm³/mol. The molecule has 0 spiro atoms. The summed E-state index contributed by atoms with van der Waals surface area (Å²) in [6.45, 7) is 7.20. The zero-order valence-electron chi connectivity index (χ0n) is 9.91. The van der Waals surface area contributed by atoms with E-state index in [1.54, 1.807) is 0 Å². The molecule has 88 valence electrons. The summed E-state index contributed by atoms with van der Waals surface area (Å²) in [5, 5.41) is 3.42. The Hall–Kier alpha value is -0.120. The Balaban J connectivity index is 1.68. The molecule has 0 aromatic carbocycles. The van der Waals surface area contributed by atoms with Crippen molar-refractivity contribution in [3.8, 4) is 0 Å². The van der Waals surface area contributed by atoms with Gasteiger partial charge in [0.05, 0.1) is 0 Å². The molecular weight excluding hydrogens is 186 g/mol. The third-order valence-electron chi connectivity index (χ3n) is 4.23. The first-order valence-electron chi connectivity index (χ1n) is 6.47. The molecule has 0 saturated carbocycles. The lowest BCUT2D eigenvalue weighted by Gasteiger charge is -2.27. The summed E-state index contributed by atoms with van der Waals surface area (Å²) in [4.78, 5) is 2.58. The zero-order chi connectivity index (χ0) is 10.7. The Morgan fingerprint density at radius 2 is 2.00 bits per heavy atom. The van der Waals surface area contributed by atoms with Crippen molar-refractivity contribution in [2.24, 2.45) is 11.7 Å². The van der Waals surface area contributed by atoms with Gasteiger partial charge in [-0.3, -0.25) is 4.90 Å². The SMILES string of the molecule is CC1C(N)CCN1CCC1CCNCC1. The van der Waals surface area contributed by atoms with Crippen LogP contribution in [0.4, 0.5) is 0 Å². The Morgan fingerprint density at radius 3 is 2.60 bits per heavy atom. The number of nitrogens with zero attached hydrogens (tertiary/aromatic N) is 1. The highest BCUT2D eigenvalue weighted by atomic mass is 15.2. The number of rotatable bonds is 3. The highest BCUT2D eigenvalue weighted by Crippen LogP contribution is 2.20. The minimum atomic E-state index is 0.415. The smallest absolute Gasteiger partial charge is 0.0219 e. The Labute approximate surface area is 93.4 Å². The number of hydrogen-bond donors (Lipinski definition) is 2. The van der Waals surface area contributed by atoms with Gasteiger partial charge in [-0.05, 0) is 58.2 Å². The molecule has 3 heteroatoms. The minimum absolute atomic E-state index is 0.415. The quantitative estimate of drug-likeness (QED) is 0.725. The van der Waals surface area contributed by atoms with E-state index in [-0.39, 0.29) is 0 Å². The van der Waals surface area contributed by atoms with Gasteiger partial charge in [0.25, 0.3) is 0 Å². The van der Waals surface area contributed by atoms with E-state index in [1.165, 1.54) is 51.9 Å². The van der Waals surface area contributed by atoms with Crippen molar-refractivity contribution >= 4 is 0 Å². The van der Waals surface area contributed by atoms with Gasteiger partial charge in [-0.2, -0.15) is 0 Å². The first-order valence-corrected chi connectivity index (χ1v) is 6.47. The molecule has 3 nitrogen and oxygen atoms in total. The van der Waals surface area contributed by atoms with Crippen molar-refractivity contribution in [2.75, 3.05) is 26.2 Å². The molecule has 2 atom stereocenters. The maximum absolute atomic E-state index is 6.03. The summed E-state index contributed by atoms with van der Waals surface area (Å²) in [6.07, 6.45) is 5.30. The van der Waals surface area contributed by atoms with Crippen LogP contribution in [0.15, 0.2) is 0 Å². The summed E-state index contributed by atoms with van der Waals surface area (Å²) in [6, 6.07) is 1.02. The summed E-state index contributed by atoms with van der Waals surface area (Å²) in [7, 11) is 0. The van der Waals surface area contributed by atoms with Gasteiger partial charge in [0.1, 0.15) is 0 Å². The van der Waals surface area contributed by atoms with Gasteiger partial charge in [-0.25, -0.2) is 0 Å². The second-order valence-electron chi connectivity index (χ2n) is 5.21. The highest BCUT2D eigenvalue weighted by Gasteiger charge is 2.27. The van der Waals surface area contributed by atoms with Gasteiger partial charge in [0.15, 0.2) is 0 Å². The van der Waals surface area contributed by atoms with Gasteiger partial charge in [0.2, 0.25) is 0 Å². The Morgan fingerprint density at radius 1 is 1.27 bits per heavy atom. The highest BCUT2D eigenvalue weighted by molar-refractivity contribution is 4.86. The molecule has 3 N–H and O–H groups in total. The lowest BCUT2D eigenvalue weighted by molar-refractivity contribution is 0.225. The zero-order valence-corrected chi connectivity index (χ0v) is 9.91. The molecule has 0 aliphatic carbocycles. The van der Waals surface area contributed by atoms with E-state index < -0.39 is 0 Å². The molecule has 2 unspecified atom stereocenters. The lowest BCUT2D eigenvalue weighted by Crippen LogP contribution is -2.38. The third-order valence-corrected chi connectivity index (χ3v) is 4.23. The van der Waals surface area contributed by atoms with Crippen molar-refractivity contribution in [3.05, 3.63) is 0 Å². The van der Waals surface area contributed by atoms with E-state index >= 15 is 0 Å². The van der Waals surface area contributed by atoms with Crippen LogP contribution in [0.2, 0.25) is 0 Å². The Bertz CT molecular complexity index is 189. The normalized spacial score (nSPS) is 34.8. The van der Waals surface area contributed by atoms with Crippen LogP contribution in [0.25, 0.3) is 0 Å². The molecule has 2 heterocycles. The molecule has 2 fully saturated rings. The van der Waals surface area contributed by atoms with Crippen molar-refractivity contribution in [1.29, 1.82) is 0 Å².